The molecule has 9 N–H and O–H groups in total. The van der Waals surface area contributed by atoms with Gasteiger partial charge in [0.1, 0.15) is 104 Å². The Morgan fingerprint density at radius 3 is 1.46 bits per heavy atom. The van der Waals surface area contributed by atoms with E-state index in [0.29, 0.717) is 54.5 Å². The van der Waals surface area contributed by atoms with Crippen molar-refractivity contribution >= 4 is 6.16 Å². The van der Waals surface area contributed by atoms with E-state index in [1.54, 1.807) is 31.2 Å². The van der Waals surface area contributed by atoms with Gasteiger partial charge in [-0.2, -0.15) is 0 Å². The van der Waals surface area contributed by atoms with Crippen LogP contribution in [0.5, 0.6) is 46.0 Å². The average molecular weight is 1640 g/mol. The van der Waals surface area contributed by atoms with Crippen LogP contribution in [0.4, 0.5) is 9.18 Å². The normalized spacial score (nSPS) is 13.9. The first-order chi connectivity index (χ1) is 56.3. The van der Waals surface area contributed by atoms with Crippen LogP contribution in [0.2, 0.25) is 0 Å². The van der Waals surface area contributed by atoms with E-state index in [4.69, 9.17) is 73.6 Å². The second-order valence-corrected chi connectivity index (χ2v) is 31.0. The summed E-state index contributed by atoms with van der Waals surface area (Å²) in [5, 5.41) is 80.1. The maximum Gasteiger partial charge on any atom is 0.508 e. The van der Waals surface area contributed by atoms with Crippen LogP contribution in [0.25, 0.3) is 0 Å². The summed E-state index contributed by atoms with van der Waals surface area (Å²) in [5.74, 6) is 15.0. The third-order valence-electron chi connectivity index (χ3n) is 20.0. The van der Waals surface area contributed by atoms with Gasteiger partial charge in [0.05, 0.1) is 51.8 Å². The molecule has 0 radical (unpaired) electrons. The van der Waals surface area contributed by atoms with Crippen LogP contribution in [0.15, 0.2) is 121 Å². The van der Waals surface area contributed by atoms with E-state index in [2.05, 4.69) is 125 Å². The number of aliphatic hydroxyl groups excluding tert-OH is 7. The molecule has 0 aliphatic heterocycles. The van der Waals surface area contributed by atoms with Gasteiger partial charge in [0.2, 0.25) is 0 Å². The molecule has 1 aliphatic carbocycles. The fourth-order valence-corrected chi connectivity index (χ4v) is 12.1. The lowest BCUT2D eigenvalue weighted by atomic mass is 9.83. The number of phenols is 2. The number of aliphatic hydroxyl groups is 7. The van der Waals surface area contributed by atoms with Crippen molar-refractivity contribution in [2.75, 3.05) is 85.9 Å². The monoisotopic (exact) mass is 1640 g/mol. The van der Waals surface area contributed by atoms with E-state index in [1.807, 2.05) is 62.4 Å². The molecule has 7 atom stereocenters. The summed E-state index contributed by atoms with van der Waals surface area (Å²) in [6, 6.07) is 37.1. The molecule has 0 aromatic heterocycles. The van der Waals surface area contributed by atoms with Crippen molar-refractivity contribution in [2.45, 2.75) is 257 Å². The molecule has 0 bridgehead atoms. The van der Waals surface area contributed by atoms with Gasteiger partial charge in [0, 0.05) is 18.1 Å². The lowest BCUT2D eigenvalue weighted by molar-refractivity contribution is -0.0189. The summed E-state index contributed by atoms with van der Waals surface area (Å²) in [6.07, 6.45) is 23.7. The molecule has 0 saturated heterocycles. The molecular weight excluding hydrogens is 1480 g/mol. The van der Waals surface area contributed by atoms with Crippen LogP contribution < -0.4 is 28.4 Å². The minimum absolute atomic E-state index is 0.0146. The largest absolute Gasteiger partial charge is 0.508 e. The summed E-state index contributed by atoms with van der Waals surface area (Å²) in [7, 11) is 0. The average Bonchev–Trinajstić information content (AvgIpc) is 0.905. The second kappa shape index (κ2) is 68.0. The van der Waals surface area contributed by atoms with E-state index in [9.17, 15) is 19.4 Å². The van der Waals surface area contributed by atoms with Gasteiger partial charge < -0.3 is 83.9 Å². The molecule has 7 rings (SSSR count). The Kier molecular flexibility index (Phi) is 62.3. The fraction of sp³-hybridized carbons (Fsp3) is 0.602. The van der Waals surface area contributed by atoms with Crippen molar-refractivity contribution in [1.29, 1.82) is 0 Å². The Labute approximate surface area is 704 Å². The third-order valence-corrected chi connectivity index (χ3v) is 20.0. The Morgan fingerprint density at radius 2 is 0.949 bits per heavy atom. The van der Waals surface area contributed by atoms with Crippen LogP contribution in [0, 0.1) is 66.0 Å². The van der Waals surface area contributed by atoms with Crippen molar-refractivity contribution in [2.24, 2.45) is 41.4 Å². The van der Waals surface area contributed by atoms with Gasteiger partial charge in [-0.05, 0) is 228 Å². The molecule has 19 heteroatoms. The molecule has 18 nitrogen and oxygen atoms in total. The molecule has 0 spiro atoms. The van der Waals surface area contributed by atoms with Gasteiger partial charge in [-0.25, -0.2) is 9.18 Å². The summed E-state index contributed by atoms with van der Waals surface area (Å²) in [5.41, 5.74) is 7.64. The van der Waals surface area contributed by atoms with E-state index in [-0.39, 0.29) is 102 Å². The number of unbranched alkanes of at least 4 members (excludes halogenated alkanes) is 2. The van der Waals surface area contributed by atoms with Gasteiger partial charge in [-0.15, -0.1) is 0 Å². The van der Waals surface area contributed by atoms with Crippen LogP contribution in [-0.2, 0) is 41.6 Å². The van der Waals surface area contributed by atoms with Crippen molar-refractivity contribution in [3.63, 3.8) is 0 Å². The first-order valence-corrected chi connectivity index (χ1v) is 43.4. The zero-order chi connectivity index (χ0) is 87.0. The molecule has 6 aromatic rings. The van der Waals surface area contributed by atoms with E-state index in [0.717, 1.165) is 136 Å². The summed E-state index contributed by atoms with van der Waals surface area (Å²) >= 11 is 0. The van der Waals surface area contributed by atoms with Crippen LogP contribution in [0.1, 0.15) is 245 Å². The maximum atomic E-state index is 13.1. The number of halogens is 1. The Morgan fingerprint density at radius 1 is 0.470 bits per heavy atom. The highest BCUT2D eigenvalue weighted by atomic mass is 19.1. The van der Waals surface area contributed by atoms with Crippen molar-refractivity contribution in [3.05, 3.63) is 166 Å². The minimum atomic E-state index is -0.632. The highest BCUT2D eigenvalue weighted by molar-refractivity contribution is 5.60. The molecule has 660 valence electrons. The summed E-state index contributed by atoms with van der Waals surface area (Å²) in [4.78, 5) is 11.3. The first kappa shape index (κ1) is 107. The molecule has 1 aliphatic rings. The quantitative estimate of drug-likeness (QED) is 0.0127. The SMILES string of the molecule is CC(C)C(C)CCc1ccccc1OCCO.CC(C)CCc1ccc(O)cc1OCCO.CCC(C)C#Cc1cc(F)ccc1OCCO.CCC(C)CCc1ccc(C)cc1OCCO.CCCC(C)CCc1ccccc1OCCO.CCCCC1CCCCC1OC(=O)OCCO.CCCCc1ccc(O)cc1OC(C)CO. The summed E-state index contributed by atoms with van der Waals surface area (Å²) in [6.45, 7) is 34.0. The predicted octanol–water partition coefficient (Wildman–Crippen LogP) is 20.4. The number of benzene rings is 6. The smallest absolute Gasteiger partial charge is 0.508 e. The zero-order valence-corrected chi connectivity index (χ0v) is 74.1. The number of aromatic hydroxyl groups is 2. The second-order valence-electron chi connectivity index (χ2n) is 31.0. The molecule has 7 unspecified atom stereocenters. The lowest BCUT2D eigenvalue weighted by Crippen LogP contribution is -2.30. The van der Waals surface area contributed by atoms with Gasteiger partial charge in [-0.1, -0.05) is 207 Å². The number of carbonyl (C=O) groups is 1. The molecule has 117 heavy (non-hydrogen) atoms. The van der Waals surface area contributed by atoms with Gasteiger partial charge in [0.25, 0.3) is 0 Å². The van der Waals surface area contributed by atoms with Crippen molar-refractivity contribution in [1.82, 2.24) is 0 Å². The van der Waals surface area contributed by atoms with Crippen molar-refractivity contribution in [3.8, 4) is 57.8 Å². The standard InChI is InChI=1S/3C15H24O2.C14H17FO2.C13H24O4.2C13H20O3/c1-12(2)13(3)8-9-14-6-4-5-7-15(14)17-11-10-16;1-4-12(2)5-7-14-8-6-13(3)11-15(14)17-10-9-16;1-3-6-13(2)9-10-14-7-4-5-8-15(14)17-12-11-16;1-3-11(2)4-5-12-10-13(15)6-7-14(12)17-9-8-16;1-2-3-6-11-7-4-5-8-12(11)17-13(15)16-10-9-14;1-10(2)3-4-11-5-6-12(15)9-13(11)16-8-7-14;1-3-4-5-11-6-7-12(15)8-13(11)16-10(2)9-14/h4-7,12-13,16H,8-11H2,1-3H3;6,8,11-12,16H,4-5,7,9-10H2,1-3H3;4-5,7-8,13,16H,3,6,9-12H2,1-2H3;6-7,10-11,16H,3,8-9H2,1-2H3;11-12,14H,2-10H2,1H3;5-6,9-10,14-15H,3-4,7-8H2,1-2H3;6-8,10,14-15H,3-5,9H2,1-2H3. The molecule has 1 fully saturated rings. The molecule has 0 amide bonds. The Balaban J connectivity index is 0.000000683. The van der Waals surface area contributed by atoms with Crippen molar-refractivity contribution < 1.29 is 93.0 Å². The predicted molar refractivity (Wildman–Crippen MR) is 472 cm³/mol. The topological polar surface area (TPSA) is 273 Å². The van der Waals surface area contributed by atoms with Gasteiger partial charge in [-0.3, -0.25) is 0 Å². The number of rotatable bonds is 44. The highest BCUT2D eigenvalue weighted by Gasteiger charge is 2.28. The van der Waals surface area contributed by atoms with Gasteiger partial charge in [0.15, 0.2) is 0 Å². The Bertz CT molecular complexity index is 3520. The first-order valence-electron chi connectivity index (χ1n) is 43.4. The zero-order valence-electron chi connectivity index (χ0n) is 74.1. The number of phenolic OH excluding ortho intramolecular Hbond substituents is 2. The number of aryl methyl sites for hydroxylation is 6. The summed E-state index contributed by atoms with van der Waals surface area (Å²) < 4.78 is 56.0. The van der Waals surface area contributed by atoms with E-state index >= 15 is 0 Å². The van der Waals surface area contributed by atoms with Crippen LogP contribution >= 0.6 is 0 Å². The van der Waals surface area contributed by atoms with Gasteiger partial charge >= 0.3 is 6.16 Å². The van der Waals surface area contributed by atoms with E-state index in [1.165, 1.54) is 98.2 Å². The number of ether oxygens (including phenoxy) is 8. The van der Waals surface area contributed by atoms with E-state index < -0.39 is 6.16 Å². The molecule has 6 aromatic carbocycles. The van der Waals surface area contributed by atoms with Crippen LogP contribution in [-0.4, -0.2) is 150 Å². The third kappa shape index (κ3) is 50.7. The lowest BCUT2D eigenvalue weighted by Gasteiger charge is -2.30. The molecular formula is C98H153FO18. The number of carbonyl (C=O) groups excluding carboxylic acids is 1. The number of para-hydroxylation sites is 2. The van der Waals surface area contributed by atoms with Crippen LogP contribution in [0.3, 0.4) is 0 Å². The maximum absolute atomic E-state index is 13.1. The Hall–Kier alpha value is -7.80. The highest BCUT2D eigenvalue weighted by Crippen LogP contribution is 2.33. The number of hydrogen-bond donors (Lipinski definition) is 9. The minimum Gasteiger partial charge on any atom is -0.508 e. The fourth-order valence-electron chi connectivity index (χ4n) is 12.1. The molecule has 1 saturated carbocycles. The number of hydrogen-bond acceptors (Lipinski definition) is 18. The molecule has 0 heterocycles.